The summed E-state index contributed by atoms with van der Waals surface area (Å²) in [6.07, 6.45) is 2.98. The maximum atomic E-state index is 13.7. The van der Waals surface area contributed by atoms with Crippen LogP contribution in [0.5, 0.6) is 5.75 Å². The summed E-state index contributed by atoms with van der Waals surface area (Å²) in [5.74, 6) is 0.939. The molecular weight excluding hydrogens is 446 g/mol. The smallest absolute Gasteiger partial charge is 0.270 e. The fraction of sp³-hybridized carbons (Fsp3) is 0.217. The second kappa shape index (κ2) is 8.40. The van der Waals surface area contributed by atoms with Crippen molar-refractivity contribution in [1.82, 2.24) is 9.55 Å². The second-order valence-corrected chi connectivity index (χ2v) is 9.48. The van der Waals surface area contributed by atoms with Gasteiger partial charge in [-0.25, -0.2) is 4.98 Å². The Labute approximate surface area is 191 Å². The van der Waals surface area contributed by atoms with Crippen LogP contribution in [0.2, 0.25) is 0 Å². The third kappa shape index (κ3) is 3.57. The molecule has 0 bridgehead atoms. The maximum absolute atomic E-state index is 13.7. The van der Waals surface area contributed by atoms with Crippen LogP contribution in [0.15, 0.2) is 58.5 Å². The molecule has 2 aromatic heterocycles. The number of nitro groups is 1. The average Bonchev–Trinajstić information content (AvgIpc) is 3.39. The number of aromatic nitrogens is 2. The molecule has 1 aliphatic carbocycles. The summed E-state index contributed by atoms with van der Waals surface area (Å²) in [6.45, 7) is 0. The van der Waals surface area contributed by atoms with E-state index in [1.807, 2.05) is 30.3 Å². The third-order valence-electron chi connectivity index (χ3n) is 5.55. The molecule has 0 radical (unpaired) electrons. The fourth-order valence-electron chi connectivity index (χ4n) is 4.06. The molecule has 7 nitrogen and oxygen atoms in total. The first kappa shape index (κ1) is 20.7. The molecule has 5 rings (SSSR count). The molecule has 0 saturated heterocycles. The van der Waals surface area contributed by atoms with Crippen LogP contribution in [-0.4, -0.2) is 21.6 Å². The van der Waals surface area contributed by atoms with Crippen molar-refractivity contribution in [2.24, 2.45) is 0 Å². The van der Waals surface area contributed by atoms with E-state index in [0.29, 0.717) is 22.2 Å². The number of fused-ring (bicyclic) bond motifs is 3. The van der Waals surface area contributed by atoms with Crippen molar-refractivity contribution in [3.8, 4) is 11.4 Å². The Balaban J connectivity index is 1.62. The number of benzene rings is 2. The Bertz CT molecular complexity index is 1400. The Hall–Kier alpha value is -3.17. The minimum absolute atomic E-state index is 0.0000527. The molecule has 0 fully saturated rings. The van der Waals surface area contributed by atoms with Crippen molar-refractivity contribution in [3.05, 3.63) is 85.0 Å². The molecule has 162 valence electrons. The van der Waals surface area contributed by atoms with E-state index in [0.717, 1.165) is 40.7 Å². The lowest BCUT2D eigenvalue weighted by molar-refractivity contribution is -0.384. The number of rotatable bonds is 6. The number of para-hydroxylation sites is 1. The molecule has 1 aliphatic rings. The van der Waals surface area contributed by atoms with Gasteiger partial charge in [-0.1, -0.05) is 30.0 Å². The summed E-state index contributed by atoms with van der Waals surface area (Å²) < 4.78 is 7.05. The highest BCUT2D eigenvalue weighted by Crippen LogP contribution is 2.37. The Morgan fingerprint density at radius 1 is 1.22 bits per heavy atom. The molecule has 0 saturated carbocycles. The lowest BCUT2D eigenvalue weighted by Crippen LogP contribution is -2.21. The van der Waals surface area contributed by atoms with Crippen LogP contribution < -0.4 is 10.3 Å². The normalized spacial score (nSPS) is 12.8. The van der Waals surface area contributed by atoms with Crippen LogP contribution in [0.3, 0.4) is 0 Å². The quantitative estimate of drug-likeness (QED) is 0.169. The zero-order valence-electron chi connectivity index (χ0n) is 17.2. The summed E-state index contributed by atoms with van der Waals surface area (Å²) in [7, 11) is 1.53. The lowest BCUT2D eigenvalue weighted by Gasteiger charge is -2.13. The van der Waals surface area contributed by atoms with Gasteiger partial charge in [0.25, 0.3) is 11.2 Å². The van der Waals surface area contributed by atoms with Gasteiger partial charge in [0.2, 0.25) is 0 Å². The fourth-order valence-corrected chi connectivity index (χ4v) is 6.35. The van der Waals surface area contributed by atoms with E-state index in [1.54, 1.807) is 22.0 Å². The number of nitrogens with zero attached hydrogens (tertiary/aromatic N) is 3. The van der Waals surface area contributed by atoms with Crippen LogP contribution in [0.1, 0.15) is 22.4 Å². The number of hydrogen-bond acceptors (Lipinski definition) is 7. The van der Waals surface area contributed by atoms with Gasteiger partial charge in [-0.15, -0.1) is 11.3 Å². The van der Waals surface area contributed by atoms with Crippen molar-refractivity contribution >= 4 is 39.0 Å². The van der Waals surface area contributed by atoms with Gasteiger partial charge in [0.15, 0.2) is 5.16 Å². The number of thiophene rings is 1. The van der Waals surface area contributed by atoms with Gasteiger partial charge in [0, 0.05) is 28.3 Å². The molecule has 0 unspecified atom stereocenters. The Kier molecular flexibility index (Phi) is 5.44. The molecule has 32 heavy (non-hydrogen) atoms. The summed E-state index contributed by atoms with van der Waals surface area (Å²) in [5, 5.41) is 12.5. The Morgan fingerprint density at radius 3 is 2.78 bits per heavy atom. The first-order chi connectivity index (χ1) is 15.6. The highest BCUT2D eigenvalue weighted by molar-refractivity contribution is 7.98. The van der Waals surface area contributed by atoms with E-state index in [4.69, 9.17) is 9.72 Å². The van der Waals surface area contributed by atoms with Crippen molar-refractivity contribution < 1.29 is 9.66 Å². The highest BCUT2D eigenvalue weighted by Gasteiger charge is 2.24. The van der Waals surface area contributed by atoms with Gasteiger partial charge < -0.3 is 4.74 Å². The van der Waals surface area contributed by atoms with Crippen LogP contribution in [0, 0.1) is 10.1 Å². The molecule has 0 amide bonds. The molecule has 2 aromatic carbocycles. The zero-order valence-corrected chi connectivity index (χ0v) is 18.9. The van der Waals surface area contributed by atoms with Gasteiger partial charge in [0.1, 0.15) is 10.6 Å². The van der Waals surface area contributed by atoms with Crippen molar-refractivity contribution in [1.29, 1.82) is 0 Å². The number of methoxy groups -OCH3 is 1. The minimum Gasteiger partial charge on any atom is -0.496 e. The van der Waals surface area contributed by atoms with Gasteiger partial charge in [-0.2, -0.15) is 0 Å². The molecule has 0 atom stereocenters. The summed E-state index contributed by atoms with van der Waals surface area (Å²) in [5.41, 5.74) is 2.51. The predicted molar refractivity (Wildman–Crippen MR) is 126 cm³/mol. The summed E-state index contributed by atoms with van der Waals surface area (Å²) in [6, 6.07) is 14.0. The van der Waals surface area contributed by atoms with Crippen molar-refractivity contribution in [3.63, 3.8) is 0 Å². The average molecular weight is 466 g/mol. The summed E-state index contributed by atoms with van der Waals surface area (Å²) >= 11 is 2.97. The van der Waals surface area contributed by atoms with Crippen LogP contribution in [0.25, 0.3) is 15.9 Å². The SMILES string of the molecule is COc1ccc([N+](=O)[O-])cc1CSc1nc2sc3c(c2c(=O)n1-c1ccccc1)CCC3. The molecule has 0 aliphatic heterocycles. The van der Waals surface area contributed by atoms with Gasteiger partial charge in [-0.3, -0.25) is 19.5 Å². The standard InChI is InChI=1S/C23H19N3O4S2/c1-30-18-11-10-16(26(28)29)12-14(18)13-31-23-24-21-20(17-8-5-9-19(17)32-21)22(27)25(23)15-6-3-2-4-7-15/h2-4,6-7,10-12H,5,8-9,13H2,1H3. The lowest BCUT2D eigenvalue weighted by atomic mass is 10.2. The van der Waals surface area contributed by atoms with Crippen LogP contribution in [0.4, 0.5) is 5.69 Å². The monoisotopic (exact) mass is 465 g/mol. The van der Waals surface area contributed by atoms with Gasteiger partial charge >= 0.3 is 0 Å². The van der Waals surface area contributed by atoms with Crippen LogP contribution in [-0.2, 0) is 18.6 Å². The van der Waals surface area contributed by atoms with E-state index in [2.05, 4.69) is 0 Å². The van der Waals surface area contributed by atoms with E-state index >= 15 is 0 Å². The Morgan fingerprint density at radius 2 is 2.03 bits per heavy atom. The van der Waals surface area contributed by atoms with Gasteiger partial charge in [0.05, 0.1) is 23.1 Å². The molecule has 9 heteroatoms. The largest absolute Gasteiger partial charge is 0.496 e. The van der Waals surface area contributed by atoms with E-state index in [1.165, 1.54) is 35.9 Å². The van der Waals surface area contributed by atoms with E-state index in [-0.39, 0.29) is 11.2 Å². The van der Waals surface area contributed by atoms with Crippen molar-refractivity contribution in [2.75, 3.05) is 7.11 Å². The van der Waals surface area contributed by atoms with Crippen LogP contribution >= 0.6 is 23.1 Å². The van der Waals surface area contributed by atoms with Gasteiger partial charge in [-0.05, 0) is 43.0 Å². The number of thioether (sulfide) groups is 1. The number of nitro benzene ring substituents is 1. The zero-order chi connectivity index (χ0) is 22.2. The highest BCUT2D eigenvalue weighted by atomic mass is 32.2. The number of non-ortho nitro benzene ring substituents is 1. The molecule has 0 spiro atoms. The number of aryl methyl sites for hydroxylation is 2. The molecule has 2 heterocycles. The predicted octanol–water partition coefficient (Wildman–Crippen LogP) is 5.15. The first-order valence-electron chi connectivity index (χ1n) is 10.1. The molecular formula is C23H19N3O4S2. The first-order valence-corrected chi connectivity index (χ1v) is 11.9. The molecule has 4 aromatic rings. The second-order valence-electron chi connectivity index (χ2n) is 7.45. The van der Waals surface area contributed by atoms with E-state index < -0.39 is 4.92 Å². The topological polar surface area (TPSA) is 87.3 Å². The number of ether oxygens (including phenoxy) is 1. The minimum atomic E-state index is -0.426. The molecule has 0 N–H and O–H groups in total. The maximum Gasteiger partial charge on any atom is 0.270 e. The summed E-state index contributed by atoms with van der Waals surface area (Å²) in [4.78, 5) is 31.3. The third-order valence-corrected chi connectivity index (χ3v) is 7.73. The van der Waals surface area contributed by atoms with Crippen molar-refractivity contribution in [2.45, 2.75) is 30.2 Å². The van der Waals surface area contributed by atoms with E-state index in [9.17, 15) is 14.9 Å². The number of hydrogen-bond donors (Lipinski definition) is 0.